The molecule has 4 N–H and O–H groups in total. The highest BCUT2D eigenvalue weighted by molar-refractivity contribution is 5.97. The molecular weight excluding hydrogens is 194 g/mol. The van der Waals surface area contributed by atoms with Gasteiger partial charge in [0.05, 0.1) is 12.6 Å². The minimum atomic E-state index is -0.130. The molecule has 0 saturated heterocycles. The third-order valence-corrected chi connectivity index (χ3v) is 2.19. The van der Waals surface area contributed by atoms with Crippen molar-refractivity contribution in [3.05, 3.63) is 18.1 Å². The molecule has 0 radical (unpaired) electrons. The van der Waals surface area contributed by atoms with Crippen LogP contribution in [0.5, 0.6) is 0 Å². The lowest BCUT2D eigenvalue weighted by Gasteiger charge is -2.25. The first kappa shape index (κ1) is 11.4. The third-order valence-electron chi connectivity index (χ3n) is 2.19. The molecule has 1 unspecified atom stereocenters. The Labute approximate surface area is 88.3 Å². The molecule has 82 valence electrons. The topological polar surface area (TPSA) is 99.1 Å². The molecule has 6 heteroatoms. The number of nitrogen functional groups attached to an aromatic ring is 1. The molecule has 15 heavy (non-hydrogen) atoms. The summed E-state index contributed by atoms with van der Waals surface area (Å²) >= 11 is 0. The molecule has 0 aliphatic heterocycles. The van der Waals surface area contributed by atoms with Gasteiger partial charge in [0.1, 0.15) is 11.5 Å². The Morgan fingerprint density at radius 1 is 1.60 bits per heavy atom. The molecule has 1 aromatic rings. The van der Waals surface area contributed by atoms with Crippen LogP contribution in [0, 0.1) is 5.41 Å². The summed E-state index contributed by atoms with van der Waals surface area (Å²) in [5.41, 5.74) is 5.72. The van der Waals surface area contributed by atoms with E-state index < -0.39 is 0 Å². The van der Waals surface area contributed by atoms with Crippen molar-refractivity contribution in [3.8, 4) is 0 Å². The number of nitrogens with zero attached hydrogens (tertiary/aromatic N) is 3. The van der Waals surface area contributed by atoms with Crippen molar-refractivity contribution >= 4 is 11.7 Å². The summed E-state index contributed by atoms with van der Waals surface area (Å²) < 4.78 is 0. The van der Waals surface area contributed by atoms with Gasteiger partial charge >= 0.3 is 0 Å². The molecule has 0 aliphatic carbocycles. The maximum absolute atomic E-state index is 9.02. The van der Waals surface area contributed by atoms with Gasteiger partial charge in [0.25, 0.3) is 0 Å². The molecule has 0 saturated carbocycles. The van der Waals surface area contributed by atoms with Crippen molar-refractivity contribution in [2.75, 3.05) is 18.6 Å². The van der Waals surface area contributed by atoms with Gasteiger partial charge in [-0.2, -0.15) is 0 Å². The first-order valence-corrected chi connectivity index (χ1v) is 4.57. The van der Waals surface area contributed by atoms with Crippen LogP contribution in [-0.4, -0.2) is 40.6 Å². The van der Waals surface area contributed by atoms with Gasteiger partial charge in [-0.15, -0.1) is 0 Å². The smallest absolute Gasteiger partial charge is 0.158 e. The molecule has 1 rings (SSSR count). The van der Waals surface area contributed by atoms with Gasteiger partial charge in [-0.3, -0.25) is 5.41 Å². The molecule has 1 atom stereocenters. The average Bonchev–Trinajstić information content (AvgIpc) is 2.27. The molecule has 0 fully saturated rings. The minimum absolute atomic E-state index is 0.00438. The van der Waals surface area contributed by atoms with Gasteiger partial charge in [0, 0.05) is 19.4 Å². The Morgan fingerprint density at radius 2 is 2.20 bits per heavy atom. The summed E-state index contributed by atoms with van der Waals surface area (Å²) in [4.78, 5) is 9.82. The lowest BCUT2D eigenvalue weighted by molar-refractivity contribution is 0.269. The van der Waals surface area contributed by atoms with Crippen molar-refractivity contribution in [2.24, 2.45) is 5.73 Å². The first-order valence-electron chi connectivity index (χ1n) is 4.57. The van der Waals surface area contributed by atoms with E-state index in [1.807, 2.05) is 6.92 Å². The average molecular weight is 209 g/mol. The second-order valence-electron chi connectivity index (χ2n) is 3.28. The van der Waals surface area contributed by atoms with E-state index in [1.54, 1.807) is 11.9 Å². The number of aliphatic hydroxyl groups is 1. The van der Waals surface area contributed by atoms with Gasteiger partial charge in [-0.25, -0.2) is 9.97 Å². The van der Waals surface area contributed by atoms with Crippen LogP contribution in [0.25, 0.3) is 0 Å². The molecule has 0 bridgehead atoms. The van der Waals surface area contributed by atoms with Crippen molar-refractivity contribution in [1.82, 2.24) is 9.97 Å². The number of nitrogens with one attached hydrogen (secondary N) is 1. The summed E-state index contributed by atoms with van der Waals surface area (Å²) in [7, 11) is 1.78. The van der Waals surface area contributed by atoms with Crippen LogP contribution in [-0.2, 0) is 0 Å². The molecule has 1 aromatic heterocycles. The highest BCUT2D eigenvalue weighted by Gasteiger charge is 2.16. The van der Waals surface area contributed by atoms with Crippen LogP contribution in [0.1, 0.15) is 12.6 Å². The number of hydrogen-bond donors (Lipinski definition) is 3. The van der Waals surface area contributed by atoms with Crippen molar-refractivity contribution in [2.45, 2.75) is 13.0 Å². The second-order valence-corrected chi connectivity index (χ2v) is 3.28. The van der Waals surface area contributed by atoms with Crippen LogP contribution >= 0.6 is 0 Å². The van der Waals surface area contributed by atoms with Crippen molar-refractivity contribution < 1.29 is 5.11 Å². The molecular formula is C9H15N5O. The Hall–Kier alpha value is -1.69. The summed E-state index contributed by atoms with van der Waals surface area (Å²) in [6.07, 6.45) is 3.01. The van der Waals surface area contributed by atoms with Gasteiger partial charge in [0.2, 0.25) is 0 Å². The zero-order valence-corrected chi connectivity index (χ0v) is 8.81. The summed E-state index contributed by atoms with van der Waals surface area (Å²) in [6.45, 7) is 1.85. The lowest BCUT2D eigenvalue weighted by atomic mass is 10.3. The molecule has 1 heterocycles. The number of amidine groups is 1. The molecule has 0 spiro atoms. The number of rotatable bonds is 4. The fraction of sp³-hybridized carbons (Fsp3) is 0.444. The Balaban J connectivity index is 3.07. The standard InChI is InChI=1S/C9H15N5O/c1-6(5-15)14(2)9-7(8(10)11)12-3-4-13-9/h3-4,6,15H,5H2,1-2H3,(H3,10,11). The van der Waals surface area contributed by atoms with E-state index in [9.17, 15) is 0 Å². The Bertz CT molecular complexity index is 354. The Kier molecular flexibility index (Phi) is 3.56. The van der Waals surface area contributed by atoms with E-state index >= 15 is 0 Å². The number of anilines is 1. The van der Waals surface area contributed by atoms with Crippen molar-refractivity contribution in [3.63, 3.8) is 0 Å². The van der Waals surface area contributed by atoms with E-state index in [0.717, 1.165) is 0 Å². The third kappa shape index (κ3) is 2.41. The number of likely N-dealkylation sites (N-methyl/N-ethyl adjacent to an activating group) is 1. The lowest BCUT2D eigenvalue weighted by Crippen LogP contribution is -2.34. The zero-order valence-electron chi connectivity index (χ0n) is 8.81. The minimum Gasteiger partial charge on any atom is -0.394 e. The molecule has 0 amide bonds. The first-order chi connectivity index (χ1) is 7.07. The Morgan fingerprint density at radius 3 is 2.73 bits per heavy atom. The van der Waals surface area contributed by atoms with Crippen LogP contribution in [0.4, 0.5) is 5.82 Å². The van der Waals surface area contributed by atoms with Gasteiger partial charge < -0.3 is 15.7 Å². The maximum Gasteiger partial charge on any atom is 0.158 e. The van der Waals surface area contributed by atoms with Crippen LogP contribution in [0.15, 0.2) is 12.4 Å². The largest absolute Gasteiger partial charge is 0.394 e. The molecule has 0 aliphatic rings. The number of aliphatic hydroxyl groups excluding tert-OH is 1. The van der Waals surface area contributed by atoms with Crippen LogP contribution in [0.3, 0.4) is 0 Å². The summed E-state index contributed by atoms with van der Waals surface area (Å²) in [5.74, 6) is 0.377. The van der Waals surface area contributed by atoms with E-state index in [4.69, 9.17) is 16.2 Å². The number of hydrogen-bond acceptors (Lipinski definition) is 5. The fourth-order valence-corrected chi connectivity index (χ4v) is 1.11. The normalized spacial score (nSPS) is 12.2. The van der Waals surface area contributed by atoms with E-state index in [2.05, 4.69) is 9.97 Å². The monoisotopic (exact) mass is 209 g/mol. The summed E-state index contributed by atoms with van der Waals surface area (Å²) in [6, 6.07) is -0.0974. The van der Waals surface area contributed by atoms with Crippen LogP contribution in [0.2, 0.25) is 0 Å². The maximum atomic E-state index is 9.02. The second kappa shape index (κ2) is 4.70. The zero-order chi connectivity index (χ0) is 11.4. The number of nitrogens with two attached hydrogens (primary N) is 1. The van der Waals surface area contributed by atoms with E-state index in [0.29, 0.717) is 11.5 Å². The van der Waals surface area contributed by atoms with Crippen LogP contribution < -0.4 is 10.6 Å². The van der Waals surface area contributed by atoms with Gasteiger partial charge in [-0.05, 0) is 6.92 Å². The fourth-order valence-electron chi connectivity index (χ4n) is 1.11. The highest BCUT2D eigenvalue weighted by atomic mass is 16.3. The molecule has 0 aromatic carbocycles. The quantitative estimate of drug-likeness (QED) is 0.462. The predicted molar refractivity (Wildman–Crippen MR) is 58.0 cm³/mol. The summed E-state index contributed by atoms with van der Waals surface area (Å²) in [5, 5.41) is 16.4. The number of aromatic nitrogens is 2. The highest BCUT2D eigenvalue weighted by Crippen LogP contribution is 2.14. The SMILES string of the molecule is CC(CO)N(C)c1nccnc1C(=N)N. The van der Waals surface area contributed by atoms with Gasteiger partial charge in [-0.1, -0.05) is 0 Å². The van der Waals surface area contributed by atoms with E-state index in [-0.39, 0.29) is 18.5 Å². The van der Waals surface area contributed by atoms with Crippen molar-refractivity contribution in [1.29, 1.82) is 5.41 Å². The van der Waals surface area contributed by atoms with E-state index in [1.165, 1.54) is 12.4 Å². The molecule has 6 nitrogen and oxygen atoms in total. The van der Waals surface area contributed by atoms with Gasteiger partial charge in [0.15, 0.2) is 5.82 Å². The predicted octanol–water partition coefficient (Wildman–Crippen LogP) is -0.422.